The first-order chi connectivity index (χ1) is 14.0. The van der Waals surface area contributed by atoms with E-state index in [0.29, 0.717) is 30.8 Å². The van der Waals surface area contributed by atoms with Crippen molar-refractivity contribution >= 4 is 29.4 Å². The van der Waals surface area contributed by atoms with Gasteiger partial charge < -0.3 is 15.0 Å². The molecule has 0 radical (unpaired) electrons. The molecule has 0 bridgehead atoms. The van der Waals surface area contributed by atoms with Gasteiger partial charge in [0.1, 0.15) is 6.61 Å². The van der Waals surface area contributed by atoms with Crippen LogP contribution in [0.4, 0.5) is 0 Å². The van der Waals surface area contributed by atoms with Crippen LogP contribution in [-0.2, 0) is 25.7 Å². The highest BCUT2D eigenvalue weighted by atomic mass is 35.5. The van der Waals surface area contributed by atoms with E-state index in [0.717, 1.165) is 24.9 Å². The normalized spacial score (nSPS) is 23.0. The van der Waals surface area contributed by atoms with Crippen LogP contribution in [0.25, 0.3) is 0 Å². The van der Waals surface area contributed by atoms with Crippen molar-refractivity contribution in [1.29, 1.82) is 0 Å². The highest BCUT2D eigenvalue weighted by molar-refractivity contribution is 6.30. The molecular weight excluding hydrogens is 392 g/mol. The molecule has 0 aromatic heterocycles. The fraction of sp³-hybridized carbons (Fsp3) is 0.500. The van der Waals surface area contributed by atoms with Gasteiger partial charge in [0.25, 0.3) is 0 Å². The summed E-state index contributed by atoms with van der Waals surface area (Å²) in [5, 5.41) is 3.49. The van der Waals surface area contributed by atoms with Gasteiger partial charge in [-0.05, 0) is 43.4 Å². The van der Waals surface area contributed by atoms with Crippen LogP contribution in [0.1, 0.15) is 44.1 Å². The summed E-state index contributed by atoms with van der Waals surface area (Å²) >= 11 is 5.87. The average molecular weight is 419 g/mol. The lowest BCUT2D eigenvalue weighted by Gasteiger charge is -2.25. The van der Waals surface area contributed by atoms with Crippen LogP contribution in [0, 0.1) is 5.92 Å². The number of esters is 1. The number of rotatable bonds is 4. The fourth-order valence-corrected chi connectivity index (χ4v) is 3.85. The molecule has 2 aliphatic rings. The van der Waals surface area contributed by atoms with Crippen molar-refractivity contribution < 1.29 is 19.1 Å². The van der Waals surface area contributed by atoms with Gasteiger partial charge in [0.05, 0.1) is 12.0 Å². The number of allylic oxidation sites excluding steroid dienone is 2. The summed E-state index contributed by atoms with van der Waals surface area (Å²) in [5.41, 5.74) is 0.940. The van der Waals surface area contributed by atoms with Crippen LogP contribution in [0.5, 0.6) is 0 Å². The van der Waals surface area contributed by atoms with E-state index >= 15 is 0 Å². The molecule has 1 aromatic rings. The van der Waals surface area contributed by atoms with E-state index < -0.39 is 5.92 Å². The molecule has 1 fully saturated rings. The molecule has 2 aliphatic heterocycles. The van der Waals surface area contributed by atoms with Crippen LogP contribution in [0.2, 0.25) is 5.02 Å². The smallest absolute Gasteiger partial charge is 0.309 e. The Hall–Kier alpha value is -2.34. The number of benzene rings is 1. The van der Waals surface area contributed by atoms with Crippen LogP contribution in [-0.4, -0.2) is 41.9 Å². The third-order valence-corrected chi connectivity index (χ3v) is 5.65. The van der Waals surface area contributed by atoms with Gasteiger partial charge in [-0.15, -0.1) is 0 Å². The lowest BCUT2D eigenvalue weighted by molar-refractivity contribution is -0.153. The highest BCUT2D eigenvalue weighted by Crippen LogP contribution is 2.21. The number of nitrogens with one attached hydrogen (secondary N) is 1. The number of cyclic esters (lactones) is 1. The minimum absolute atomic E-state index is 0.0470. The van der Waals surface area contributed by atoms with E-state index in [-0.39, 0.29) is 36.9 Å². The second-order valence-corrected chi connectivity index (χ2v) is 8.00. The lowest BCUT2D eigenvalue weighted by Crippen LogP contribution is -2.39. The van der Waals surface area contributed by atoms with Crippen molar-refractivity contribution in [3.63, 3.8) is 0 Å². The van der Waals surface area contributed by atoms with E-state index in [1.54, 1.807) is 12.1 Å². The Labute approximate surface area is 176 Å². The molecule has 0 aliphatic carbocycles. The van der Waals surface area contributed by atoms with Crippen LogP contribution in [0.15, 0.2) is 36.4 Å². The number of carbonyl (C=O) groups is 3. The molecule has 29 heavy (non-hydrogen) atoms. The summed E-state index contributed by atoms with van der Waals surface area (Å²) in [7, 11) is 0. The number of amides is 2. The average Bonchev–Trinajstić information content (AvgIpc) is 3.18. The largest absolute Gasteiger partial charge is 0.463 e. The summed E-state index contributed by atoms with van der Waals surface area (Å²) in [4.78, 5) is 39.1. The van der Waals surface area contributed by atoms with Crippen molar-refractivity contribution in [2.45, 2.75) is 51.1 Å². The Kier molecular flexibility index (Phi) is 7.69. The number of hydrogen-bond acceptors (Lipinski definition) is 4. The van der Waals surface area contributed by atoms with Crippen LogP contribution in [0.3, 0.4) is 0 Å². The van der Waals surface area contributed by atoms with Gasteiger partial charge in [-0.1, -0.05) is 35.9 Å². The molecule has 3 rings (SSSR count). The molecule has 156 valence electrons. The first kappa shape index (κ1) is 21.4. The molecular formula is C22H27ClN2O4. The number of nitrogens with zero attached hydrogens (tertiary/aromatic N) is 1. The zero-order valence-electron chi connectivity index (χ0n) is 16.4. The summed E-state index contributed by atoms with van der Waals surface area (Å²) < 4.78 is 5.51. The topological polar surface area (TPSA) is 75.7 Å². The summed E-state index contributed by atoms with van der Waals surface area (Å²) in [6, 6.07) is 7.20. The first-order valence-electron chi connectivity index (χ1n) is 10.1. The quantitative estimate of drug-likeness (QED) is 0.601. The Morgan fingerprint density at radius 2 is 2.00 bits per heavy atom. The SMILES string of the molecule is O=C(C[C@@H]1CC=CCCC(=O)N2CCC[C@H]2COC1=O)NCc1ccc(Cl)cc1. The van der Waals surface area contributed by atoms with E-state index in [1.807, 2.05) is 29.2 Å². The maximum Gasteiger partial charge on any atom is 0.309 e. The zero-order valence-corrected chi connectivity index (χ0v) is 17.2. The molecule has 2 amide bonds. The van der Waals surface area contributed by atoms with Crippen molar-refractivity contribution in [2.75, 3.05) is 13.2 Å². The van der Waals surface area contributed by atoms with E-state index in [2.05, 4.69) is 5.32 Å². The summed E-state index contributed by atoms with van der Waals surface area (Å²) in [6.07, 6.45) is 7.17. The second-order valence-electron chi connectivity index (χ2n) is 7.56. The van der Waals surface area contributed by atoms with E-state index in [1.165, 1.54) is 0 Å². The Bertz CT molecular complexity index is 763. The number of hydrogen-bond donors (Lipinski definition) is 1. The Morgan fingerprint density at radius 3 is 2.79 bits per heavy atom. The van der Waals surface area contributed by atoms with Crippen molar-refractivity contribution in [3.8, 4) is 0 Å². The number of ether oxygens (including phenoxy) is 1. The molecule has 2 heterocycles. The van der Waals surface area contributed by atoms with Crippen molar-refractivity contribution in [2.24, 2.45) is 5.92 Å². The van der Waals surface area contributed by atoms with Crippen molar-refractivity contribution in [3.05, 3.63) is 47.0 Å². The minimum atomic E-state index is -0.526. The molecule has 0 saturated carbocycles. The molecule has 1 N–H and O–H groups in total. The van der Waals surface area contributed by atoms with Crippen molar-refractivity contribution in [1.82, 2.24) is 10.2 Å². The van der Waals surface area contributed by atoms with Gasteiger partial charge in [-0.3, -0.25) is 14.4 Å². The summed E-state index contributed by atoms with van der Waals surface area (Å²) in [6.45, 7) is 1.31. The van der Waals surface area contributed by atoms with Gasteiger partial charge in [0.15, 0.2) is 0 Å². The van der Waals surface area contributed by atoms with Gasteiger partial charge in [0.2, 0.25) is 11.8 Å². The zero-order chi connectivity index (χ0) is 20.6. The third kappa shape index (κ3) is 6.32. The maximum atomic E-state index is 12.6. The second kappa shape index (κ2) is 10.4. The highest BCUT2D eigenvalue weighted by Gasteiger charge is 2.31. The van der Waals surface area contributed by atoms with E-state index in [9.17, 15) is 14.4 Å². The molecule has 1 aromatic carbocycles. The fourth-order valence-electron chi connectivity index (χ4n) is 3.72. The van der Waals surface area contributed by atoms with Gasteiger partial charge >= 0.3 is 5.97 Å². The Balaban J connectivity index is 1.57. The summed E-state index contributed by atoms with van der Waals surface area (Å²) in [5.74, 6) is -0.982. The molecule has 7 heteroatoms. The van der Waals surface area contributed by atoms with Gasteiger partial charge in [-0.2, -0.15) is 0 Å². The van der Waals surface area contributed by atoms with E-state index in [4.69, 9.17) is 16.3 Å². The predicted molar refractivity (Wildman–Crippen MR) is 110 cm³/mol. The molecule has 0 spiro atoms. The molecule has 2 atom stereocenters. The van der Waals surface area contributed by atoms with Crippen LogP contribution >= 0.6 is 11.6 Å². The van der Waals surface area contributed by atoms with Crippen LogP contribution < -0.4 is 5.32 Å². The minimum Gasteiger partial charge on any atom is -0.463 e. The number of carbonyl (C=O) groups excluding carboxylic acids is 3. The lowest BCUT2D eigenvalue weighted by atomic mass is 10.00. The monoisotopic (exact) mass is 418 g/mol. The number of halogens is 1. The third-order valence-electron chi connectivity index (χ3n) is 5.40. The first-order valence-corrected chi connectivity index (χ1v) is 10.5. The maximum absolute atomic E-state index is 12.6. The van der Waals surface area contributed by atoms with Gasteiger partial charge in [0, 0.05) is 31.0 Å². The molecule has 1 saturated heterocycles. The molecule has 6 nitrogen and oxygen atoms in total. The Morgan fingerprint density at radius 1 is 1.21 bits per heavy atom. The number of fused-ring (bicyclic) bond motifs is 1. The van der Waals surface area contributed by atoms with Gasteiger partial charge in [-0.25, -0.2) is 0 Å². The predicted octanol–water partition coefficient (Wildman–Crippen LogP) is 3.24. The molecule has 0 unspecified atom stereocenters. The standard InChI is InChI=1S/C22H27ClN2O4/c23-18-10-8-16(9-11-18)14-24-20(26)13-17-5-2-1-3-7-21(27)25-12-4-6-19(25)15-29-22(17)28/h1-2,8-11,17,19H,3-7,12-15H2,(H,24,26)/t17-,19-/m0/s1.